The molecule has 2 N–H and O–H groups in total. The molecule has 16 heavy (non-hydrogen) atoms. The zero-order chi connectivity index (χ0) is 11.8. The molecule has 4 heteroatoms. The molecule has 0 heterocycles. The molecule has 0 spiro atoms. The van der Waals surface area contributed by atoms with Crippen LogP contribution in [-0.2, 0) is 6.42 Å². The maximum Gasteiger partial charge on any atom is 0.263 e. The van der Waals surface area contributed by atoms with Crippen molar-refractivity contribution in [2.75, 3.05) is 7.11 Å². The van der Waals surface area contributed by atoms with Crippen LogP contribution in [0.5, 0.6) is 5.75 Å². The minimum atomic E-state index is -2.45. The third-order valence-corrected chi connectivity index (χ3v) is 2.99. The van der Waals surface area contributed by atoms with Crippen molar-refractivity contribution < 1.29 is 13.5 Å². The van der Waals surface area contributed by atoms with Crippen molar-refractivity contribution >= 4 is 0 Å². The first-order valence-corrected chi connectivity index (χ1v) is 5.28. The second-order valence-corrected chi connectivity index (χ2v) is 4.41. The van der Waals surface area contributed by atoms with Crippen molar-refractivity contribution in [1.82, 2.24) is 0 Å². The average Bonchev–Trinajstić information content (AvgIpc) is 2.96. The number of alkyl halides is 2. The maximum absolute atomic E-state index is 12.6. The predicted molar refractivity (Wildman–Crippen MR) is 57.8 cm³/mol. The van der Waals surface area contributed by atoms with E-state index in [1.807, 2.05) is 0 Å². The molecule has 0 atom stereocenters. The van der Waals surface area contributed by atoms with E-state index in [-0.39, 0.29) is 11.1 Å². The minimum absolute atomic E-state index is 0.0278. The fourth-order valence-electron chi connectivity index (χ4n) is 1.79. The highest BCUT2D eigenvalue weighted by molar-refractivity contribution is 5.39. The minimum Gasteiger partial charge on any atom is -0.496 e. The first kappa shape index (κ1) is 11.3. The molecule has 0 bridgehead atoms. The highest BCUT2D eigenvalue weighted by Gasteiger charge is 2.38. The summed E-state index contributed by atoms with van der Waals surface area (Å²) in [7, 11) is 1.54. The first-order chi connectivity index (χ1) is 7.54. The maximum atomic E-state index is 12.6. The van der Waals surface area contributed by atoms with Gasteiger partial charge >= 0.3 is 0 Å². The molecule has 1 fully saturated rings. The van der Waals surface area contributed by atoms with Crippen molar-refractivity contribution in [3.05, 3.63) is 29.3 Å². The van der Waals surface area contributed by atoms with Crippen LogP contribution in [0.1, 0.15) is 30.4 Å². The summed E-state index contributed by atoms with van der Waals surface area (Å²) in [6, 6.07) is 4.47. The SMILES string of the molecule is COc1ccc(C(F)F)cc1CC1(N)CC1. The highest BCUT2D eigenvalue weighted by Crippen LogP contribution is 2.38. The fourth-order valence-corrected chi connectivity index (χ4v) is 1.79. The summed E-state index contributed by atoms with van der Waals surface area (Å²) >= 11 is 0. The van der Waals surface area contributed by atoms with Gasteiger partial charge in [0.1, 0.15) is 5.75 Å². The lowest BCUT2D eigenvalue weighted by Gasteiger charge is -2.14. The van der Waals surface area contributed by atoms with Crippen LogP contribution in [0.4, 0.5) is 8.78 Å². The Hall–Kier alpha value is -1.16. The second kappa shape index (κ2) is 4.01. The van der Waals surface area contributed by atoms with Crippen molar-refractivity contribution in [3.8, 4) is 5.75 Å². The number of ether oxygens (including phenoxy) is 1. The quantitative estimate of drug-likeness (QED) is 0.858. The van der Waals surface area contributed by atoms with Gasteiger partial charge in [-0.15, -0.1) is 0 Å². The van der Waals surface area contributed by atoms with Crippen LogP contribution in [-0.4, -0.2) is 12.6 Å². The summed E-state index contributed by atoms with van der Waals surface area (Å²) < 4.78 is 30.3. The van der Waals surface area contributed by atoms with Gasteiger partial charge in [0, 0.05) is 11.1 Å². The van der Waals surface area contributed by atoms with E-state index in [0.717, 1.165) is 18.4 Å². The van der Waals surface area contributed by atoms with E-state index in [1.165, 1.54) is 19.2 Å². The first-order valence-electron chi connectivity index (χ1n) is 5.28. The Morgan fingerprint density at radius 2 is 2.12 bits per heavy atom. The van der Waals surface area contributed by atoms with E-state index in [2.05, 4.69) is 0 Å². The van der Waals surface area contributed by atoms with Gasteiger partial charge < -0.3 is 10.5 Å². The molecule has 0 aromatic heterocycles. The molecule has 1 aromatic rings. The Bertz CT molecular complexity index is 389. The molecule has 1 saturated carbocycles. The third kappa shape index (κ3) is 2.32. The number of hydrogen-bond donors (Lipinski definition) is 1. The number of nitrogens with two attached hydrogens (primary N) is 1. The highest BCUT2D eigenvalue weighted by atomic mass is 19.3. The molecule has 0 saturated heterocycles. The molecule has 0 radical (unpaired) electrons. The van der Waals surface area contributed by atoms with Crippen LogP contribution < -0.4 is 10.5 Å². The Morgan fingerprint density at radius 1 is 1.44 bits per heavy atom. The van der Waals surface area contributed by atoms with E-state index in [9.17, 15) is 8.78 Å². The van der Waals surface area contributed by atoms with Gasteiger partial charge in [-0.3, -0.25) is 0 Å². The Labute approximate surface area is 93.4 Å². The van der Waals surface area contributed by atoms with Crippen molar-refractivity contribution in [2.24, 2.45) is 5.73 Å². The van der Waals surface area contributed by atoms with Crippen LogP contribution >= 0.6 is 0 Å². The molecular formula is C12H15F2NO. The van der Waals surface area contributed by atoms with E-state index < -0.39 is 6.43 Å². The van der Waals surface area contributed by atoms with E-state index >= 15 is 0 Å². The van der Waals surface area contributed by atoms with Crippen LogP contribution in [0.2, 0.25) is 0 Å². The van der Waals surface area contributed by atoms with Gasteiger partial charge in [-0.25, -0.2) is 8.78 Å². The van der Waals surface area contributed by atoms with Crippen molar-refractivity contribution in [3.63, 3.8) is 0 Å². The van der Waals surface area contributed by atoms with Gasteiger partial charge in [-0.1, -0.05) is 0 Å². The Balaban J connectivity index is 2.27. The van der Waals surface area contributed by atoms with E-state index in [4.69, 9.17) is 10.5 Å². The summed E-state index contributed by atoms with van der Waals surface area (Å²) in [5.74, 6) is 0.640. The van der Waals surface area contributed by atoms with Gasteiger partial charge in [-0.05, 0) is 43.0 Å². The van der Waals surface area contributed by atoms with Gasteiger partial charge in [-0.2, -0.15) is 0 Å². The van der Waals surface area contributed by atoms with Gasteiger partial charge in [0.05, 0.1) is 7.11 Å². The number of rotatable bonds is 4. The number of methoxy groups -OCH3 is 1. The van der Waals surface area contributed by atoms with Crippen LogP contribution in [0.25, 0.3) is 0 Å². The Morgan fingerprint density at radius 3 is 2.62 bits per heavy atom. The molecule has 0 unspecified atom stereocenters. The summed E-state index contributed by atoms with van der Waals surface area (Å²) in [5.41, 5.74) is 6.59. The van der Waals surface area contributed by atoms with Crippen molar-refractivity contribution in [2.45, 2.75) is 31.2 Å². The molecule has 1 aromatic carbocycles. The molecule has 2 nitrogen and oxygen atoms in total. The summed E-state index contributed by atoms with van der Waals surface area (Å²) in [6.45, 7) is 0. The summed E-state index contributed by atoms with van der Waals surface area (Å²) in [5, 5.41) is 0. The number of benzene rings is 1. The molecule has 1 aliphatic rings. The predicted octanol–water partition coefficient (Wildman–Crippen LogP) is 2.67. The van der Waals surface area contributed by atoms with Gasteiger partial charge in [0.2, 0.25) is 0 Å². The number of halogens is 2. The monoisotopic (exact) mass is 227 g/mol. The molecule has 0 amide bonds. The lowest BCUT2D eigenvalue weighted by Crippen LogP contribution is -2.24. The van der Waals surface area contributed by atoms with E-state index in [1.54, 1.807) is 6.07 Å². The van der Waals surface area contributed by atoms with Crippen LogP contribution in [0, 0.1) is 0 Å². The molecule has 0 aliphatic heterocycles. The van der Waals surface area contributed by atoms with E-state index in [0.29, 0.717) is 12.2 Å². The molecular weight excluding hydrogens is 212 g/mol. The van der Waals surface area contributed by atoms with Crippen molar-refractivity contribution in [1.29, 1.82) is 0 Å². The lowest BCUT2D eigenvalue weighted by atomic mass is 10.0. The zero-order valence-electron chi connectivity index (χ0n) is 9.17. The smallest absolute Gasteiger partial charge is 0.263 e. The zero-order valence-corrected chi connectivity index (χ0v) is 9.17. The Kier molecular flexibility index (Phi) is 2.84. The van der Waals surface area contributed by atoms with Crippen LogP contribution in [0.3, 0.4) is 0 Å². The number of hydrogen-bond acceptors (Lipinski definition) is 2. The van der Waals surface area contributed by atoms with Gasteiger partial charge in [0.15, 0.2) is 0 Å². The second-order valence-electron chi connectivity index (χ2n) is 4.41. The topological polar surface area (TPSA) is 35.2 Å². The third-order valence-electron chi connectivity index (χ3n) is 2.99. The standard InChI is InChI=1S/C12H15F2NO/c1-16-10-3-2-8(11(13)14)6-9(10)7-12(15)4-5-12/h2-3,6,11H,4-5,7,15H2,1H3. The fraction of sp³-hybridized carbons (Fsp3) is 0.500. The molecule has 2 rings (SSSR count). The van der Waals surface area contributed by atoms with Gasteiger partial charge in [0.25, 0.3) is 6.43 Å². The largest absolute Gasteiger partial charge is 0.496 e. The summed E-state index contributed by atoms with van der Waals surface area (Å²) in [4.78, 5) is 0. The van der Waals surface area contributed by atoms with Crippen LogP contribution in [0.15, 0.2) is 18.2 Å². The molecule has 88 valence electrons. The average molecular weight is 227 g/mol. The summed E-state index contributed by atoms with van der Waals surface area (Å²) in [6.07, 6.45) is 0.0681. The lowest BCUT2D eigenvalue weighted by molar-refractivity contribution is 0.151. The normalized spacial score (nSPS) is 17.6. The molecule has 1 aliphatic carbocycles.